The lowest BCUT2D eigenvalue weighted by atomic mass is 10.3. The van der Waals surface area contributed by atoms with Gasteiger partial charge in [-0.25, -0.2) is 0 Å². The van der Waals surface area contributed by atoms with Crippen molar-refractivity contribution in [1.82, 2.24) is 14.8 Å². The number of aryl methyl sites for hydroxylation is 2. The van der Waals surface area contributed by atoms with Crippen LogP contribution in [0.1, 0.15) is 17.5 Å². The molecule has 2 rings (SSSR count). The van der Waals surface area contributed by atoms with E-state index < -0.39 is 0 Å². The maximum absolute atomic E-state index is 11.8. The molecule has 0 atom stereocenters. The van der Waals surface area contributed by atoms with Crippen LogP contribution in [0.5, 0.6) is 0 Å². The second kappa shape index (κ2) is 5.75. The van der Waals surface area contributed by atoms with E-state index in [1.165, 1.54) is 22.0 Å². The third-order valence-electron chi connectivity index (χ3n) is 2.48. The number of nitrogens with zero attached hydrogens (tertiary/aromatic N) is 3. The molecule has 0 aliphatic carbocycles. The topological polar surface area (TPSA) is 76.9 Å². The van der Waals surface area contributed by atoms with E-state index in [0.29, 0.717) is 5.13 Å². The molecule has 0 bridgehead atoms. The summed E-state index contributed by atoms with van der Waals surface area (Å²) in [6.07, 6.45) is 2.39. The molecule has 19 heavy (non-hydrogen) atoms. The highest BCUT2D eigenvalue weighted by atomic mass is 32.1. The Balaban J connectivity index is 2.03. The van der Waals surface area contributed by atoms with Gasteiger partial charge in [-0.15, -0.1) is 10.2 Å². The molecule has 0 radical (unpaired) electrons. The predicted octanol–water partition coefficient (Wildman–Crippen LogP) is 1.21. The van der Waals surface area contributed by atoms with Gasteiger partial charge in [0.2, 0.25) is 11.0 Å². The van der Waals surface area contributed by atoms with Crippen LogP contribution in [-0.4, -0.2) is 20.7 Å². The minimum atomic E-state index is -0.287. The lowest BCUT2D eigenvalue weighted by Crippen LogP contribution is -2.26. The third kappa shape index (κ3) is 3.47. The molecular weight excluding hydrogens is 264 g/mol. The molecule has 0 aliphatic rings. The summed E-state index contributed by atoms with van der Waals surface area (Å²) in [6, 6.07) is 3.28. The van der Waals surface area contributed by atoms with Gasteiger partial charge < -0.3 is 4.57 Å². The van der Waals surface area contributed by atoms with Crippen molar-refractivity contribution >= 4 is 22.4 Å². The van der Waals surface area contributed by atoms with Crippen molar-refractivity contribution in [3.8, 4) is 0 Å². The maximum atomic E-state index is 11.8. The average molecular weight is 278 g/mol. The Bertz CT molecular complexity index is 647. The SMILES string of the molecule is CCc1nnc(NC(=O)Cn2ccc(C)cc2=O)s1. The Morgan fingerprint density at radius 1 is 1.47 bits per heavy atom. The van der Waals surface area contributed by atoms with Gasteiger partial charge in [0.05, 0.1) is 0 Å². The monoisotopic (exact) mass is 278 g/mol. The molecular formula is C12H14N4O2S. The van der Waals surface area contributed by atoms with Crippen molar-refractivity contribution in [2.45, 2.75) is 26.8 Å². The second-order valence-corrected chi connectivity index (χ2v) is 5.13. The van der Waals surface area contributed by atoms with Crippen molar-refractivity contribution in [2.24, 2.45) is 0 Å². The quantitative estimate of drug-likeness (QED) is 0.912. The van der Waals surface area contributed by atoms with Gasteiger partial charge in [0, 0.05) is 12.3 Å². The summed E-state index contributed by atoms with van der Waals surface area (Å²) >= 11 is 1.34. The molecule has 2 aromatic heterocycles. The first-order valence-electron chi connectivity index (χ1n) is 5.88. The van der Waals surface area contributed by atoms with Gasteiger partial charge in [0.1, 0.15) is 11.6 Å². The van der Waals surface area contributed by atoms with Crippen LogP contribution in [0.25, 0.3) is 0 Å². The fraction of sp³-hybridized carbons (Fsp3) is 0.333. The van der Waals surface area contributed by atoms with Crippen molar-refractivity contribution < 1.29 is 4.79 Å². The van der Waals surface area contributed by atoms with Crippen LogP contribution in [0.2, 0.25) is 0 Å². The number of carbonyl (C=O) groups is 1. The van der Waals surface area contributed by atoms with Gasteiger partial charge in [0.25, 0.3) is 5.56 Å². The molecule has 0 spiro atoms. The number of rotatable bonds is 4. The zero-order valence-corrected chi connectivity index (χ0v) is 11.5. The second-order valence-electron chi connectivity index (χ2n) is 4.07. The summed E-state index contributed by atoms with van der Waals surface area (Å²) in [5, 5.41) is 11.7. The van der Waals surface area contributed by atoms with E-state index in [2.05, 4.69) is 15.5 Å². The Morgan fingerprint density at radius 2 is 2.26 bits per heavy atom. The molecule has 0 aliphatic heterocycles. The number of amides is 1. The lowest BCUT2D eigenvalue weighted by Gasteiger charge is -2.05. The van der Waals surface area contributed by atoms with Crippen LogP contribution >= 0.6 is 11.3 Å². The van der Waals surface area contributed by atoms with Crippen LogP contribution in [0, 0.1) is 6.92 Å². The van der Waals surface area contributed by atoms with Gasteiger partial charge in [0.15, 0.2) is 0 Å². The molecule has 0 saturated heterocycles. The summed E-state index contributed by atoms with van der Waals surface area (Å²) < 4.78 is 1.35. The largest absolute Gasteiger partial charge is 0.306 e. The van der Waals surface area contributed by atoms with Crippen molar-refractivity contribution in [1.29, 1.82) is 0 Å². The molecule has 2 aromatic rings. The fourth-order valence-corrected chi connectivity index (χ4v) is 2.19. The number of aromatic nitrogens is 3. The highest BCUT2D eigenvalue weighted by molar-refractivity contribution is 7.15. The highest BCUT2D eigenvalue weighted by Crippen LogP contribution is 2.15. The highest BCUT2D eigenvalue weighted by Gasteiger charge is 2.08. The minimum Gasteiger partial charge on any atom is -0.306 e. The number of carbonyl (C=O) groups excluding carboxylic acids is 1. The molecule has 2 heterocycles. The summed E-state index contributed by atoms with van der Waals surface area (Å²) in [6.45, 7) is 3.78. The number of hydrogen-bond donors (Lipinski definition) is 1. The molecule has 7 heteroatoms. The van der Waals surface area contributed by atoms with Gasteiger partial charge in [-0.2, -0.15) is 0 Å². The van der Waals surface area contributed by atoms with E-state index in [1.807, 2.05) is 13.8 Å². The van der Waals surface area contributed by atoms with Gasteiger partial charge in [-0.05, 0) is 25.0 Å². The smallest absolute Gasteiger partial charge is 0.251 e. The van der Waals surface area contributed by atoms with Crippen LogP contribution in [0.4, 0.5) is 5.13 Å². The molecule has 1 amide bonds. The minimum absolute atomic E-state index is 0.0276. The number of hydrogen-bond acceptors (Lipinski definition) is 5. The number of pyridine rings is 1. The standard InChI is InChI=1S/C12H14N4O2S/c1-3-10-14-15-12(19-10)13-9(17)7-16-5-4-8(2)6-11(16)18/h4-6H,3,7H2,1-2H3,(H,13,15,17). The molecule has 100 valence electrons. The summed E-state index contributed by atoms with van der Waals surface area (Å²) in [5.41, 5.74) is 0.681. The zero-order chi connectivity index (χ0) is 13.8. The number of anilines is 1. The van der Waals surface area contributed by atoms with Crippen LogP contribution in [0.3, 0.4) is 0 Å². The van der Waals surface area contributed by atoms with Gasteiger partial charge >= 0.3 is 0 Å². The third-order valence-corrected chi connectivity index (χ3v) is 3.46. The van der Waals surface area contributed by atoms with Gasteiger partial charge in [-0.1, -0.05) is 18.3 Å². The Labute approximate surface area is 114 Å². The van der Waals surface area contributed by atoms with Crippen molar-refractivity contribution in [3.63, 3.8) is 0 Å². The Kier molecular flexibility index (Phi) is 4.06. The summed E-state index contributed by atoms with van der Waals surface area (Å²) in [5.74, 6) is -0.287. The normalized spacial score (nSPS) is 10.4. The summed E-state index contributed by atoms with van der Waals surface area (Å²) in [4.78, 5) is 23.4. The predicted molar refractivity (Wildman–Crippen MR) is 73.4 cm³/mol. The van der Waals surface area contributed by atoms with Crippen molar-refractivity contribution in [2.75, 3.05) is 5.32 Å². The molecule has 0 aromatic carbocycles. The maximum Gasteiger partial charge on any atom is 0.251 e. The molecule has 0 saturated carbocycles. The fourth-order valence-electron chi connectivity index (χ4n) is 1.50. The first-order chi connectivity index (χ1) is 9.08. The van der Waals surface area contributed by atoms with Crippen LogP contribution in [0.15, 0.2) is 23.1 Å². The first kappa shape index (κ1) is 13.4. The zero-order valence-electron chi connectivity index (χ0n) is 10.7. The van der Waals surface area contributed by atoms with Crippen LogP contribution in [-0.2, 0) is 17.8 Å². The Morgan fingerprint density at radius 3 is 2.89 bits per heavy atom. The molecule has 6 nitrogen and oxygen atoms in total. The van der Waals surface area contributed by atoms with E-state index in [1.54, 1.807) is 12.3 Å². The lowest BCUT2D eigenvalue weighted by molar-refractivity contribution is -0.116. The molecule has 0 unspecified atom stereocenters. The van der Waals surface area contributed by atoms with Gasteiger partial charge in [-0.3, -0.25) is 14.9 Å². The number of nitrogens with one attached hydrogen (secondary N) is 1. The van der Waals surface area contributed by atoms with Crippen molar-refractivity contribution in [3.05, 3.63) is 39.3 Å². The van der Waals surface area contributed by atoms with Crippen LogP contribution < -0.4 is 10.9 Å². The molecule has 1 N–H and O–H groups in total. The average Bonchev–Trinajstić information content (AvgIpc) is 2.80. The van der Waals surface area contributed by atoms with E-state index in [-0.39, 0.29) is 18.0 Å². The van der Waals surface area contributed by atoms with E-state index in [0.717, 1.165) is 17.0 Å². The van der Waals surface area contributed by atoms with E-state index >= 15 is 0 Å². The Hall–Kier alpha value is -2.02. The summed E-state index contributed by atoms with van der Waals surface area (Å²) in [7, 11) is 0. The van der Waals surface area contributed by atoms with E-state index in [4.69, 9.17) is 0 Å². The first-order valence-corrected chi connectivity index (χ1v) is 6.69. The molecule has 0 fully saturated rings. The van der Waals surface area contributed by atoms with E-state index in [9.17, 15) is 9.59 Å².